The summed E-state index contributed by atoms with van der Waals surface area (Å²) in [5, 5.41) is 6.61. The van der Waals surface area contributed by atoms with Gasteiger partial charge in [-0.3, -0.25) is 14.7 Å². The van der Waals surface area contributed by atoms with Crippen molar-refractivity contribution >= 4 is 35.9 Å². The molecule has 158 valence electrons. The fourth-order valence-corrected chi connectivity index (χ4v) is 3.25. The van der Waals surface area contributed by atoms with E-state index < -0.39 is 0 Å². The summed E-state index contributed by atoms with van der Waals surface area (Å²) < 4.78 is 4.64. The van der Waals surface area contributed by atoms with E-state index in [4.69, 9.17) is 0 Å². The quantitative estimate of drug-likeness (QED) is 0.178. The number of esters is 1. The number of ether oxygens (including phenoxy) is 1. The molecule has 1 aliphatic rings. The van der Waals surface area contributed by atoms with Crippen LogP contribution in [0.25, 0.3) is 0 Å². The fraction of sp³-hybridized carbons (Fsp3) is 0.619. The number of benzene rings is 1. The average Bonchev–Trinajstić information content (AvgIpc) is 2.71. The average molecular weight is 502 g/mol. The maximum atomic E-state index is 11.1. The van der Waals surface area contributed by atoms with Crippen molar-refractivity contribution in [3.05, 3.63) is 35.4 Å². The first-order valence-electron chi connectivity index (χ1n) is 10.0. The van der Waals surface area contributed by atoms with Gasteiger partial charge in [0.25, 0.3) is 0 Å². The molecular weight excluding hydrogens is 467 g/mol. The second-order valence-corrected chi connectivity index (χ2v) is 7.04. The van der Waals surface area contributed by atoms with Gasteiger partial charge in [-0.1, -0.05) is 30.7 Å². The lowest BCUT2D eigenvalue weighted by atomic mass is 10.1. The lowest BCUT2D eigenvalue weighted by Crippen LogP contribution is -2.37. The van der Waals surface area contributed by atoms with Gasteiger partial charge in [-0.2, -0.15) is 0 Å². The molecule has 0 aliphatic carbocycles. The van der Waals surface area contributed by atoms with E-state index in [9.17, 15) is 4.79 Å². The highest BCUT2D eigenvalue weighted by atomic mass is 127. The number of methoxy groups -OCH3 is 1. The third-order valence-electron chi connectivity index (χ3n) is 4.89. The number of halogens is 1. The van der Waals surface area contributed by atoms with Crippen LogP contribution < -0.4 is 10.6 Å². The molecule has 1 aromatic carbocycles. The van der Waals surface area contributed by atoms with Gasteiger partial charge in [0.1, 0.15) is 0 Å². The fourth-order valence-electron chi connectivity index (χ4n) is 3.25. The van der Waals surface area contributed by atoms with Crippen molar-refractivity contribution in [2.24, 2.45) is 4.99 Å². The number of piperidine rings is 1. The zero-order valence-electron chi connectivity index (χ0n) is 17.2. The van der Waals surface area contributed by atoms with Crippen molar-refractivity contribution in [1.82, 2.24) is 15.5 Å². The third-order valence-corrected chi connectivity index (χ3v) is 4.89. The lowest BCUT2D eigenvalue weighted by Gasteiger charge is -2.26. The first-order chi connectivity index (χ1) is 13.2. The van der Waals surface area contributed by atoms with Crippen LogP contribution in [0, 0.1) is 0 Å². The number of carbonyl (C=O) groups is 1. The molecule has 2 N–H and O–H groups in total. The van der Waals surface area contributed by atoms with Crippen LogP contribution in [0.3, 0.4) is 0 Å². The first-order valence-corrected chi connectivity index (χ1v) is 10.0. The smallest absolute Gasteiger partial charge is 0.305 e. The van der Waals surface area contributed by atoms with Crippen molar-refractivity contribution < 1.29 is 9.53 Å². The highest BCUT2D eigenvalue weighted by molar-refractivity contribution is 14.0. The number of nitrogens with one attached hydrogen (secondary N) is 2. The summed E-state index contributed by atoms with van der Waals surface area (Å²) in [6.45, 7) is 5.04. The molecule has 28 heavy (non-hydrogen) atoms. The Kier molecular flexibility index (Phi) is 12.9. The van der Waals surface area contributed by atoms with Crippen LogP contribution in [0.4, 0.5) is 0 Å². The molecule has 0 radical (unpaired) electrons. The Morgan fingerprint density at radius 2 is 1.75 bits per heavy atom. The minimum absolute atomic E-state index is 0. The van der Waals surface area contributed by atoms with E-state index in [1.54, 1.807) is 7.05 Å². The third kappa shape index (κ3) is 9.73. The Morgan fingerprint density at radius 3 is 2.39 bits per heavy atom. The number of hydrogen-bond acceptors (Lipinski definition) is 4. The molecular formula is C21H35IN4O2. The van der Waals surface area contributed by atoms with E-state index in [0.717, 1.165) is 38.4 Å². The Hall–Kier alpha value is -1.35. The molecule has 1 saturated heterocycles. The molecule has 0 spiro atoms. The molecule has 1 aromatic rings. The number of guanidine groups is 1. The monoisotopic (exact) mass is 502 g/mol. The number of carbonyl (C=O) groups excluding carboxylic acids is 1. The van der Waals surface area contributed by atoms with E-state index in [2.05, 4.69) is 49.5 Å². The number of rotatable bonds is 9. The van der Waals surface area contributed by atoms with E-state index in [-0.39, 0.29) is 29.9 Å². The lowest BCUT2D eigenvalue weighted by molar-refractivity contribution is -0.140. The number of likely N-dealkylation sites (tertiary alicyclic amines) is 1. The summed E-state index contributed by atoms with van der Waals surface area (Å²) in [6.07, 6.45) is 6.22. The number of aliphatic imine (C=N–C) groups is 1. The molecule has 0 saturated carbocycles. The first kappa shape index (κ1) is 24.7. The van der Waals surface area contributed by atoms with Gasteiger partial charge in [0.05, 0.1) is 7.11 Å². The molecule has 1 heterocycles. The predicted molar refractivity (Wildman–Crippen MR) is 125 cm³/mol. The highest BCUT2D eigenvalue weighted by Crippen LogP contribution is 2.13. The predicted octanol–water partition coefficient (Wildman–Crippen LogP) is 3.30. The van der Waals surface area contributed by atoms with Gasteiger partial charge in [0, 0.05) is 33.1 Å². The molecule has 7 heteroatoms. The zero-order chi connectivity index (χ0) is 19.3. The summed E-state index contributed by atoms with van der Waals surface area (Å²) in [7, 11) is 3.19. The van der Waals surface area contributed by atoms with Crippen molar-refractivity contribution in [2.45, 2.75) is 51.6 Å². The summed E-state index contributed by atoms with van der Waals surface area (Å²) in [6, 6.07) is 8.84. The SMILES string of the molecule is CN=C(NCCCCC(=O)OC)NCc1ccc(CN2CCCCC2)cc1.I. The zero-order valence-corrected chi connectivity index (χ0v) is 19.5. The Balaban J connectivity index is 0.00000392. The normalized spacial score (nSPS) is 14.9. The molecule has 2 rings (SSSR count). The van der Waals surface area contributed by atoms with Crippen LogP contribution in [-0.4, -0.2) is 50.6 Å². The summed E-state index contributed by atoms with van der Waals surface area (Å²) >= 11 is 0. The number of hydrogen-bond donors (Lipinski definition) is 2. The minimum atomic E-state index is -0.152. The van der Waals surface area contributed by atoms with E-state index in [0.29, 0.717) is 6.42 Å². The summed E-state index contributed by atoms with van der Waals surface area (Å²) in [4.78, 5) is 17.9. The maximum absolute atomic E-state index is 11.1. The Morgan fingerprint density at radius 1 is 1.07 bits per heavy atom. The van der Waals surface area contributed by atoms with Gasteiger partial charge in [0.15, 0.2) is 5.96 Å². The Labute approximate surface area is 186 Å². The van der Waals surface area contributed by atoms with Gasteiger partial charge >= 0.3 is 5.97 Å². The molecule has 0 unspecified atom stereocenters. The van der Waals surface area contributed by atoms with Crippen LogP contribution in [-0.2, 0) is 22.6 Å². The van der Waals surface area contributed by atoms with Crippen molar-refractivity contribution in [1.29, 1.82) is 0 Å². The minimum Gasteiger partial charge on any atom is -0.469 e. The van der Waals surface area contributed by atoms with Gasteiger partial charge in [-0.05, 0) is 49.9 Å². The van der Waals surface area contributed by atoms with Crippen LogP contribution in [0.15, 0.2) is 29.3 Å². The molecule has 0 bridgehead atoms. The second kappa shape index (κ2) is 14.6. The van der Waals surface area contributed by atoms with Crippen LogP contribution in [0.2, 0.25) is 0 Å². The molecule has 0 atom stereocenters. The van der Waals surface area contributed by atoms with Gasteiger partial charge < -0.3 is 15.4 Å². The van der Waals surface area contributed by atoms with Gasteiger partial charge in [-0.25, -0.2) is 0 Å². The van der Waals surface area contributed by atoms with E-state index in [1.165, 1.54) is 50.6 Å². The molecule has 0 amide bonds. The van der Waals surface area contributed by atoms with E-state index >= 15 is 0 Å². The summed E-state index contributed by atoms with van der Waals surface area (Å²) in [5.74, 6) is 0.631. The molecule has 1 fully saturated rings. The maximum Gasteiger partial charge on any atom is 0.305 e. The van der Waals surface area contributed by atoms with Crippen LogP contribution in [0.1, 0.15) is 49.7 Å². The summed E-state index contributed by atoms with van der Waals surface area (Å²) in [5.41, 5.74) is 2.62. The molecule has 0 aromatic heterocycles. The topological polar surface area (TPSA) is 66.0 Å². The van der Waals surface area contributed by atoms with E-state index in [1.807, 2.05) is 0 Å². The second-order valence-electron chi connectivity index (χ2n) is 7.04. The van der Waals surface area contributed by atoms with Crippen LogP contribution >= 0.6 is 24.0 Å². The molecule has 6 nitrogen and oxygen atoms in total. The number of nitrogens with zero attached hydrogens (tertiary/aromatic N) is 2. The van der Waals surface area contributed by atoms with Gasteiger partial charge in [0.2, 0.25) is 0 Å². The number of unbranched alkanes of at least 4 members (excludes halogenated alkanes) is 1. The van der Waals surface area contributed by atoms with Crippen LogP contribution in [0.5, 0.6) is 0 Å². The van der Waals surface area contributed by atoms with Gasteiger partial charge in [-0.15, -0.1) is 24.0 Å². The van der Waals surface area contributed by atoms with Crippen molar-refractivity contribution in [2.75, 3.05) is 33.8 Å². The molecule has 1 aliphatic heterocycles. The highest BCUT2D eigenvalue weighted by Gasteiger charge is 2.10. The standard InChI is InChI=1S/C21H34N4O2.HI/c1-22-21(23-13-5-4-8-20(26)27-2)24-16-18-9-11-19(12-10-18)17-25-14-6-3-7-15-25;/h9-12H,3-8,13-17H2,1-2H3,(H2,22,23,24);1H. The van der Waals surface area contributed by atoms with Crippen molar-refractivity contribution in [3.8, 4) is 0 Å². The largest absolute Gasteiger partial charge is 0.469 e. The van der Waals surface area contributed by atoms with Crippen molar-refractivity contribution in [3.63, 3.8) is 0 Å². The Bertz CT molecular complexity index is 587.